The molecule has 0 amide bonds. The molecular formula is C12H8S2+. The Hall–Kier alpha value is -0.860. The Morgan fingerprint density at radius 2 is 1.21 bits per heavy atom. The minimum atomic E-state index is 1.37. The van der Waals surface area contributed by atoms with Gasteiger partial charge in [0.1, 0.15) is 0 Å². The molecule has 0 unspecified atom stereocenters. The van der Waals surface area contributed by atoms with Crippen molar-refractivity contribution in [1.82, 2.24) is 0 Å². The fourth-order valence-corrected chi connectivity index (χ4v) is 3.71. The average Bonchev–Trinajstić information content (AvgIpc) is 2.26. The van der Waals surface area contributed by atoms with Gasteiger partial charge in [0, 0.05) is 0 Å². The summed E-state index contributed by atoms with van der Waals surface area (Å²) in [5.41, 5.74) is 0. The fraction of sp³-hybridized carbons (Fsp3) is 0. The van der Waals surface area contributed by atoms with Crippen LogP contribution in [0.4, 0.5) is 0 Å². The first-order chi connectivity index (χ1) is 6.93. The van der Waals surface area contributed by atoms with Crippen molar-refractivity contribution >= 4 is 23.5 Å². The summed E-state index contributed by atoms with van der Waals surface area (Å²) in [5.74, 6) is 0. The zero-order valence-corrected chi connectivity index (χ0v) is 9.07. The largest absolute Gasteiger partial charge is 0.287 e. The van der Waals surface area contributed by atoms with Crippen molar-refractivity contribution < 1.29 is 0 Å². The number of rotatable bonds is 0. The highest BCUT2D eigenvalue weighted by atomic mass is 32.2. The molecule has 0 saturated carbocycles. The summed E-state index contributed by atoms with van der Waals surface area (Å²) in [5, 5.41) is 0. The molecule has 14 heavy (non-hydrogen) atoms. The highest BCUT2D eigenvalue weighted by Crippen LogP contribution is 2.40. The summed E-state index contributed by atoms with van der Waals surface area (Å²) in [6.45, 7) is 0. The SMILES string of the molecule is c1ccc2c(c1)Sc1ccccc1[S+]2. The van der Waals surface area contributed by atoms with Gasteiger partial charge in [-0.3, -0.25) is 0 Å². The lowest BCUT2D eigenvalue weighted by Crippen LogP contribution is -1.95. The van der Waals surface area contributed by atoms with Gasteiger partial charge in [0.25, 0.3) is 11.8 Å². The van der Waals surface area contributed by atoms with Gasteiger partial charge in [0.15, 0.2) is 0 Å². The Labute approximate surface area is 91.7 Å². The molecule has 0 aliphatic carbocycles. The zero-order valence-electron chi connectivity index (χ0n) is 7.44. The predicted octanol–water partition coefficient (Wildman–Crippen LogP) is 3.65. The van der Waals surface area contributed by atoms with E-state index in [1.807, 2.05) is 23.5 Å². The number of fused-ring (bicyclic) bond motifs is 2. The van der Waals surface area contributed by atoms with Crippen molar-refractivity contribution in [2.75, 3.05) is 0 Å². The highest BCUT2D eigenvalue weighted by Gasteiger charge is 2.28. The molecule has 1 radical (unpaired) electrons. The molecule has 2 heteroatoms. The number of hydrogen-bond acceptors (Lipinski definition) is 2. The fourth-order valence-electron chi connectivity index (χ4n) is 1.47. The second-order valence-corrected chi connectivity index (χ2v) is 5.27. The standard InChI is InChI=1S/C12H8S2/c1-2-6-10-9(5-1)13-11-7-3-4-8-12(11)14-10/h1-8H/q+1. The molecule has 2 aromatic rings. The summed E-state index contributed by atoms with van der Waals surface area (Å²) in [7, 11) is 0. The van der Waals surface area contributed by atoms with Crippen molar-refractivity contribution in [3.63, 3.8) is 0 Å². The maximum Gasteiger partial charge on any atom is 0.287 e. The quantitative estimate of drug-likeness (QED) is 0.526. The molecule has 0 bridgehead atoms. The maximum atomic E-state index is 2.18. The molecule has 1 aliphatic rings. The summed E-state index contributed by atoms with van der Waals surface area (Å²) in [6, 6.07) is 17.1. The molecule has 3 rings (SSSR count). The first-order valence-electron chi connectivity index (χ1n) is 4.47. The minimum Gasteiger partial charge on any atom is -0.0791 e. The number of hydrogen-bond donors (Lipinski definition) is 0. The smallest absolute Gasteiger partial charge is 0.0791 e. The molecule has 0 atom stereocenters. The third-order valence-corrected chi connectivity index (χ3v) is 4.70. The topological polar surface area (TPSA) is 0 Å². The van der Waals surface area contributed by atoms with Gasteiger partial charge in [-0.2, -0.15) is 0 Å². The third-order valence-electron chi connectivity index (χ3n) is 2.14. The van der Waals surface area contributed by atoms with E-state index in [1.165, 1.54) is 19.6 Å². The van der Waals surface area contributed by atoms with E-state index in [0.717, 1.165) is 0 Å². The lowest BCUT2D eigenvalue weighted by Gasteiger charge is -2.06. The van der Waals surface area contributed by atoms with Crippen LogP contribution < -0.4 is 0 Å². The Balaban J connectivity index is 2.12. The van der Waals surface area contributed by atoms with Crippen LogP contribution in [-0.4, -0.2) is 0 Å². The monoisotopic (exact) mass is 216 g/mol. The highest BCUT2D eigenvalue weighted by molar-refractivity contribution is 8.00. The molecule has 0 fully saturated rings. The van der Waals surface area contributed by atoms with Crippen molar-refractivity contribution in [3.05, 3.63) is 48.5 Å². The van der Waals surface area contributed by atoms with Crippen LogP contribution in [-0.2, 0) is 11.8 Å². The average molecular weight is 216 g/mol. The molecule has 2 aromatic carbocycles. The molecule has 67 valence electrons. The lowest BCUT2D eigenvalue weighted by molar-refractivity contribution is 1.15. The van der Waals surface area contributed by atoms with Crippen LogP contribution in [0, 0.1) is 0 Å². The van der Waals surface area contributed by atoms with E-state index >= 15 is 0 Å². The Morgan fingerprint density at radius 1 is 0.714 bits per heavy atom. The van der Waals surface area contributed by atoms with Gasteiger partial charge in [-0.15, -0.1) is 0 Å². The van der Waals surface area contributed by atoms with Gasteiger partial charge in [-0.05, 0) is 24.3 Å². The normalized spacial score (nSPS) is 13.1. The van der Waals surface area contributed by atoms with Crippen molar-refractivity contribution in [2.24, 2.45) is 0 Å². The van der Waals surface area contributed by atoms with Crippen LogP contribution in [0.3, 0.4) is 0 Å². The van der Waals surface area contributed by atoms with Gasteiger partial charge < -0.3 is 0 Å². The second-order valence-electron chi connectivity index (χ2n) is 3.10. The first kappa shape index (κ1) is 8.45. The summed E-state index contributed by atoms with van der Waals surface area (Å²) >= 11 is 3.72. The van der Waals surface area contributed by atoms with Gasteiger partial charge in [0.2, 0.25) is 9.79 Å². The van der Waals surface area contributed by atoms with E-state index in [2.05, 4.69) is 48.5 Å². The number of benzene rings is 2. The zero-order chi connectivity index (χ0) is 9.38. The maximum absolute atomic E-state index is 2.18. The van der Waals surface area contributed by atoms with E-state index in [9.17, 15) is 0 Å². The summed E-state index contributed by atoms with van der Waals surface area (Å²) in [6.07, 6.45) is 0. The third kappa shape index (κ3) is 1.35. The Bertz CT molecular complexity index is 390. The van der Waals surface area contributed by atoms with Crippen LogP contribution in [0.5, 0.6) is 0 Å². The van der Waals surface area contributed by atoms with E-state index < -0.39 is 0 Å². The predicted molar refractivity (Wildman–Crippen MR) is 60.9 cm³/mol. The molecule has 0 spiro atoms. The van der Waals surface area contributed by atoms with E-state index in [1.54, 1.807) is 0 Å². The second kappa shape index (κ2) is 3.37. The van der Waals surface area contributed by atoms with Crippen molar-refractivity contribution in [2.45, 2.75) is 19.6 Å². The molecule has 0 N–H and O–H groups in total. The Kier molecular flexibility index (Phi) is 2.03. The van der Waals surface area contributed by atoms with Gasteiger partial charge in [-0.25, -0.2) is 0 Å². The van der Waals surface area contributed by atoms with Crippen LogP contribution in [0.1, 0.15) is 0 Å². The molecule has 1 heterocycles. The van der Waals surface area contributed by atoms with E-state index in [-0.39, 0.29) is 0 Å². The van der Waals surface area contributed by atoms with Crippen LogP contribution in [0.25, 0.3) is 0 Å². The molecular weight excluding hydrogens is 208 g/mol. The molecule has 0 nitrogen and oxygen atoms in total. The first-order valence-corrected chi connectivity index (χ1v) is 6.10. The van der Waals surface area contributed by atoms with Crippen LogP contribution in [0.15, 0.2) is 68.1 Å². The van der Waals surface area contributed by atoms with E-state index in [0.29, 0.717) is 0 Å². The lowest BCUT2D eigenvalue weighted by atomic mass is 10.3. The molecule has 1 aliphatic heterocycles. The van der Waals surface area contributed by atoms with Gasteiger partial charge in [0.05, 0.1) is 9.79 Å². The van der Waals surface area contributed by atoms with Gasteiger partial charge in [-0.1, -0.05) is 36.0 Å². The van der Waals surface area contributed by atoms with Crippen LogP contribution >= 0.6 is 11.8 Å². The molecule has 0 saturated heterocycles. The van der Waals surface area contributed by atoms with Crippen molar-refractivity contribution in [1.29, 1.82) is 0 Å². The molecule has 0 aromatic heterocycles. The van der Waals surface area contributed by atoms with E-state index in [4.69, 9.17) is 0 Å². The summed E-state index contributed by atoms with van der Waals surface area (Å²) < 4.78 is 0. The minimum absolute atomic E-state index is 1.37. The van der Waals surface area contributed by atoms with Gasteiger partial charge >= 0.3 is 0 Å². The Morgan fingerprint density at radius 3 is 1.79 bits per heavy atom. The van der Waals surface area contributed by atoms with Crippen LogP contribution in [0.2, 0.25) is 0 Å². The van der Waals surface area contributed by atoms with Crippen molar-refractivity contribution in [3.8, 4) is 0 Å². The summed E-state index contributed by atoms with van der Waals surface area (Å²) in [4.78, 5) is 5.49.